The molecule has 742 valence electrons. The molecule has 33 nitrogen and oxygen atoms in total. The third kappa shape index (κ3) is 28.0. The molecule has 6 atom stereocenters. The number of nitrogens with zero attached hydrogens (tertiary/aromatic N) is 8. The predicted molar refractivity (Wildman–Crippen MR) is 539 cm³/mol. The van der Waals surface area contributed by atoms with Gasteiger partial charge in [0.25, 0.3) is 29.3 Å². The number of piperazine rings is 2. The van der Waals surface area contributed by atoms with Crippen LogP contribution in [-0.2, 0) is 59.8 Å². The summed E-state index contributed by atoms with van der Waals surface area (Å²) in [6.07, 6.45) is 10.4. The zero-order chi connectivity index (χ0) is 100. The molecule has 18 rings (SSSR count). The first kappa shape index (κ1) is 104. The molecule has 5 fully saturated rings. The predicted octanol–water partition coefficient (Wildman–Crippen LogP) is 15.9. The van der Waals surface area contributed by atoms with Crippen LogP contribution in [0.4, 0.5) is 33.2 Å². The zero-order valence-corrected chi connectivity index (χ0v) is 82.1. The van der Waals surface area contributed by atoms with Gasteiger partial charge in [0, 0.05) is 136 Å². The number of carboxylic acid groups (broad SMARTS) is 1. The monoisotopic (exact) mass is 1960 g/mol. The molecule has 141 heavy (non-hydrogen) atoms. The standard InChI is InChI=1S/C24H23NO5.C17H26N4O5S.C17H22N2O4S.C17H15NO3.C16H19N3O3.C15H15NO/c1-30-20-12-14(7-10-18(20)25-23(27)15-5-3-2-4-6-15)11-19(26)21-16-8-9-17(13-16)22(21)24(28)29;1-2-27(24,25)20-9-7-19(8-10-20)14-5-6-17(21(22)23)16(12-14)18-13-15-4-3-11-26-15;1-3-23-14-6-4-12(5-7-14)10-13(20)11-19-16(21)15(8-9-24-2)18-17(19)22;1-19-14-9-7-13(8-10-14)17-11-16(21-18-17)12-20-15-5-3-2-4-6-15;1-12-11-15(17-22-12)16(20)19-9-7-18(8-10-19)13-3-5-14(21-2)6-4-13;1-15(2)9-13-11-6-4-3-5-10(11)7-8-12(13)14(17)16-15/h2-10,12,16-17,21-22H,11,13H2,1H3,(H,25,27)(H,28,29);5-6,12,15,18H,2-4,7-11,13H2,1H3;4-7,15H,3,8-11H2,1-2H3,(H,18,22);2-11H,12H2,1H3;3-6,11H,7-10H2,1-2H3;3-8H,9H2,1-2H3,(H,16,17). The molecule has 6 amide bonds. The number of amides is 6. The Morgan fingerprint density at radius 2 is 1.30 bits per heavy atom. The maximum absolute atomic E-state index is 13.0. The average Bonchev–Trinajstić information content (AvgIpc) is 1.66. The van der Waals surface area contributed by atoms with E-state index in [1.54, 1.807) is 113 Å². The quantitative estimate of drug-likeness (QED) is 0.0117. The Kier molecular flexibility index (Phi) is 36.4. The number of aromatic nitrogens is 2. The molecular formula is C106H120N12O21S2. The number of hydrogen-bond donors (Lipinski definition) is 5. The number of sulfonamides is 1. The van der Waals surface area contributed by atoms with Gasteiger partial charge in [-0.3, -0.25) is 48.6 Å². The van der Waals surface area contributed by atoms with Crippen molar-refractivity contribution >= 4 is 108 Å². The number of anilines is 4. The van der Waals surface area contributed by atoms with Crippen molar-refractivity contribution in [1.82, 2.24) is 35.1 Å². The molecule has 6 unspecified atom stereocenters. The minimum absolute atomic E-state index is 0.00919. The fourth-order valence-corrected chi connectivity index (χ4v) is 19.3. The van der Waals surface area contributed by atoms with Crippen LogP contribution in [0.1, 0.15) is 113 Å². The number of urea groups is 1. The van der Waals surface area contributed by atoms with Gasteiger partial charge in [0.2, 0.25) is 10.0 Å². The second-order valence-electron chi connectivity index (χ2n) is 35.2. The lowest BCUT2D eigenvalue weighted by Gasteiger charge is -2.35. The lowest BCUT2D eigenvalue weighted by molar-refractivity contribution is -0.384. The van der Waals surface area contributed by atoms with Crippen LogP contribution in [-0.4, -0.2) is 225 Å². The number of fused-ring (bicyclic) bond motifs is 5. The lowest BCUT2D eigenvalue weighted by Crippen LogP contribution is -2.49. The van der Waals surface area contributed by atoms with E-state index in [1.165, 1.54) is 33.8 Å². The van der Waals surface area contributed by atoms with E-state index < -0.39 is 44.8 Å². The van der Waals surface area contributed by atoms with Gasteiger partial charge >= 0.3 is 12.0 Å². The Balaban J connectivity index is 0.000000143. The molecule has 1 saturated carbocycles. The number of imide groups is 1. The summed E-state index contributed by atoms with van der Waals surface area (Å²) in [5, 5.41) is 42.8. The molecule has 11 aromatic rings. The third-order valence-corrected chi connectivity index (χ3v) is 27.6. The van der Waals surface area contributed by atoms with Crippen LogP contribution < -0.4 is 54.8 Å². The number of nitrogens with one attached hydrogen (secondary N) is 4. The SMILES string of the molecule is CC1(C)Cc2c(ccc3ccccc23)C(=O)N1.CCOc1ccc(CC(=O)CN2C(=O)NC(CCSC)C2=O)cc1.CCS(=O)(=O)N1CCN(c2ccc([N+](=O)[O-])c(NCC3CCCO3)c2)CC1.COc1cc(CC(=O)C2C3C=CC(C3)C2C(=O)O)ccc1NC(=O)c1ccccc1.COc1ccc(-c2cc(COc3ccccc3)on2)cc1.COc1ccc(N2CCN(C(=O)c3cc(C)on3)CC2)cc1. The molecule has 2 bridgehead atoms. The molecule has 7 aliphatic rings. The van der Waals surface area contributed by atoms with E-state index in [4.69, 9.17) is 37.5 Å². The smallest absolute Gasteiger partial charge is 0.325 e. The zero-order valence-electron chi connectivity index (χ0n) is 80.5. The number of ether oxygens (including phenoxy) is 6. The number of Topliss-reactive ketones (excluding diaryl/α,β-unsaturated/α-hetero) is 2. The van der Waals surface area contributed by atoms with Crippen LogP contribution >= 0.6 is 11.8 Å². The Morgan fingerprint density at radius 3 is 1.94 bits per heavy atom. The highest BCUT2D eigenvalue weighted by Crippen LogP contribution is 2.49. The molecular weight excluding hydrogens is 1840 g/mol. The summed E-state index contributed by atoms with van der Waals surface area (Å²) in [5.74, 6) is 2.99. The topological polar surface area (TPSA) is 406 Å². The van der Waals surface area contributed by atoms with E-state index in [9.17, 15) is 62.0 Å². The highest BCUT2D eigenvalue weighted by Gasteiger charge is 2.51. The van der Waals surface area contributed by atoms with E-state index in [-0.39, 0.29) is 89.5 Å². The number of nitro benzene ring substituents is 1. The number of benzene rings is 9. The molecule has 0 spiro atoms. The summed E-state index contributed by atoms with van der Waals surface area (Å²) in [5.41, 5.74) is 9.07. The van der Waals surface area contributed by atoms with Crippen molar-refractivity contribution in [2.75, 3.05) is 138 Å². The van der Waals surface area contributed by atoms with Gasteiger partial charge < -0.3 is 78.5 Å². The summed E-state index contributed by atoms with van der Waals surface area (Å²) >= 11 is 1.61. The second-order valence-corrected chi connectivity index (χ2v) is 38.5. The van der Waals surface area contributed by atoms with Crippen LogP contribution in [0.25, 0.3) is 22.0 Å². The summed E-state index contributed by atoms with van der Waals surface area (Å²) in [6.45, 7) is 16.4. The molecule has 2 aromatic heterocycles. The van der Waals surface area contributed by atoms with Gasteiger partial charge in [-0.15, -0.1) is 0 Å². The van der Waals surface area contributed by atoms with Crippen molar-refractivity contribution in [3.05, 3.63) is 286 Å². The minimum Gasteiger partial charge on any atom is -0.497 e. The maximum Gasteiger partial charge on any atom is 0.325 e. The van der Waals surface area contributed by atoms with Crippen LogP contribution in [0.5, 0.6) is 28.7 Å². The Labute approximate surface area is 824 Å². The van der Waals surface area contributed by atoms with Gasteiger partial charge in [-0.2, -0.15) is 16.1 Å². The Bertz CT molecular complexity index is 6280. The number of carboxylic acids is 1. The summed E-state index contributed by atoms with van der Waals surface area (Å²) in [6, 6.07) is 66.3. The summed E-state index contributed by atoms with van der Waals surface area (Å²) in [7, 11) is 1.62. The number of para-hydroxylation sites is 1. The van der Waals surface area contributed by atoms with Crippen LogP contribution in [0.15, 0.2) is 240 Å². The number of aliphatic carboxylic acids is 1. The first-order chi connectivity index (χ1) is 68.0. The largest absolute Gasteiger partial charge is 0.497 e. The number of carbonyl (C=O) groups excluding carboxylic acids is 7. The number of ketones is 2. The number of thioether (sulfide) groups is 1. The maximum atomic E-state index is 13.0. The summed E-state index contributed by atoms with van der Waals surface area (Å²) < 4.78 is 68.0. The number of nitro groups is 1. The lowest BCUT2D eigenvalue weighted by atomic mass is 9.79. The van der Waals surface area contributed by atoms with Crippen LogP contribution in [0, 0.1) is 40.7 Å². The molecule has 5 aliphatic heterocycles. The fraction of sp³-hybridized carbons (Fsp3) is 0.358. The number of aryl methyl sites for hydroxylation is 1. The number of hydrogen-bond acceptors (Lipinski definition) is 26. The molecule has 4 saturated heterocycles. The number of carbonyl (C=O) groups is 8. The minimum atomic E-state index is -3.18. The number of allylic oxidation sites excluding steroid dienone is 2. The van der Waals surface area contributed by atoms with Gasteiger partial charge in [0.15, 0.2) is 17.2 Å². The number of methoxy groups -OCH3 is 3. The van der Waals surface area contributed by atoms with Crippen molar-refractivity contribution in [2.24, 2.45) is 23.7 Å². The van der Waals surface area contributed by atoms with Gasteiger partial charge in [0.05, 0.1) is 62.9 Å². The van der Waals surface area contributed by atoms with Gasteiger partial charge in [0.1, 0.15) is 64.3 Å². The molecule has 7 heterocycles. The third-order valence-electron chi connectivity index (χ3n) is 25.1. The first-order valence-corrected chi connectivity index (χ1v) is 49.9. The highest BCUT2D eigenvalue weighted by atomic mass is 32.2. The average molecular weight is 1960 g/mol. The summed E-state index contributed by atoms with van der Waals surface area (Å²) in [4.78, 5) is 116. The van der Waals surface area contributed by atoms with Crippen molar-refractivity contribution in [3.63, 3.8) is 0 Å². The van der Waals surface area contributed by atoms with Gasteiger partial charge in [-0.1, -0.05) is 107 Å². The molecule has 2 aliphatic carbocycles. The van der Waals surface area contributed by atoms with Crippen molar-refractivity contribution < 1.29 is 94.3 Å². The molecule has 9 aromatic carbocycles. The fourth-order valence-electron chi connectivity index (χ4n) is 17.7. The van der Waals surface area contributed by atoms with E-state index in [1.807, 2.05) is 158 Å². The van der Waals surface area contributed by atoms with Crippen molar-refractivity contribution in [1.29, 1.82) is 0 Å². The Morgan fingerprint density at radius 1 is 0.667 bits per heavy atom. The normalized spacial score (nSPS) is 18.1. The number of rotatable bonds is 31. The van der Waals surface area contributed by atoms with Crippen LogP contribution in [0.2, 0.25) is 0 Å². The first-order valence-electron chi connectivity index (χ1n) is 46.9. The second kappa shape index (κ2) is 49.4. The molecule has 0 radical (unpaired) electrons. The van der Waals surface area contributed by atoms with Crippen LogP contribution in [0.3, 0.4) is 0 Å². The van der Waals surface area contributed by atoms with Crippen molar-refractivity contribution in [2.45, 2.75) is 104 Å². The van der Waals surface area contributed by atoms with Gasteiger partial charge in [-0.05, 0) is 233 Å². The highest BCUT2D eigenvalue weighted by molar-refractivity contribution is 7.98. The van der Waals surface area contributed by atoms with E-state index in [0.29, 0.717) is 105 Å². The molecule has 35 heteroatoms. The van der Waals surface area contributed by atoms with Crippen molar-refractivity contribution in [3.8, 4) is 40.0 Å². The molecule has 5 N–H and O–H groups in total. The van der Waals surface area contributed by atoms with E-state index in [0.717, 1.165) is 118 Å². The van der Waals surface area contributed by atoms with E-state index >= 15 is 0 Å². The van der Waals surface area contributed by atoms with E-state index in [2.05, 4.69) is 67.4 Å². The van der Waals surface area contributed by atoms with Gasteiger partial charge in [-0.25, -0.2) is 13.2 Å². The Hall–Kier alpha value is -14.4.